The normalized spacial score (nSPS) is 17.1. The monoisotopic (exact) mass is 247 g/mol. The van der Waals surface area contributed by atoms with Gasteiger partial charge in [-0.2, -0.15) is 0 Å². The van der Waals surface area contributed by atoms with Gasteiger partial charge in [-0.05, 0) is 12.2 Å². The molecule has 1 aliphatic rings. The third-order valence-corrected chi connectivity index (χ3v) is 2.70. The van der Waals surface area contributed by atoms with Crippen LogP contribution in [0.15, 0.2) is 0 Å². The van der Waals surface area contributed by atoms with Gasteiger partial charge < -0.3 is 20.1 Å². The number of methoxy groups -OCH3 is 1. The summed E-state index contributed by atoms with van der Waals surface area (Å²) in [6, 6.07) is 0. The van der Waals surface area contributed by atoms with Crippen LogP contribution in [-0.4, -0.2) is 69.7 Å². The number of hydrogen-bond donors (Lipinski definition) is 2. The smallest absolute Gasteiger partial charge is 0.166 e. The molecule has 1 heterocycles. The Balaban J connectivity index is 1.94. The Kier molecular flexibility index (Phi) is 7.41. The average Bonchev–Trinajstić information content (AvgIpc) is 2.31. The van der Waals surface area contributed by atoms with Crippen molar-refractivity contribution in [3.05, 3.63) is 0 Å². The van der Waals surface area contributed by atoms with Gasteiger partial charge in [0.2, 0.25) is 0 Å². The maximum absolute atomic E-state index is 5.28. The minimum absolute atomic E-state index is 0.672. The third kappa shape index (κ3) is 6.22. The highest BCUT2D eigenvalue weighted by Crippen LogP contribution is 1.94. The molecule has 0 radical (unpaired) electrons. The van der Waals surface area contributed by atoms with Crippen LogP contribution in [0, 0.1) is 0 Å². The minimum atomic E-state index is 0.672. The highest BCUT2D eigenvalue weighted by Gasteiger charge is 2.09. The highest BCUT2D eigenvalue weighted by molar-refractivity contribution is 7.80. The molecule has 5 nitrogen and oxygen atoms in total. The van der Waals surface area contributed by atoms with Crippen molar-refractivity contribution in [2.45, 2.75) is 0 Å². The van der Waals surface area contributed by atoms with Crippen LogP contribution in [0.4, 0.5) is 0 Å². The number of nitrogens with one attached hydrogen (secondary N) is 2. The predicted molar refractivity (Wildman–Crippen MR) is 67.7 cm³/mol. The summed E-state index contributed by atoms with van der Waals surface area (Å²) in [5, 5.41) is 6.94. The molecular formula is C10H21N3O2S. The summed E-state index contributed by atoms with van der Waals surface area (Å²) >= 11 is 5.11. The van der Waals surface area contributed by atoms with E-state index in [1.54, 1.807) is 7.11 Å². The van der Waals surface area contributed by atoms with Crippen molar-refractivity contribution in [1.29, 1.82) is 0 Å². The van der Waals surface area contributed by atoms with Gasteiger partial charge >= 0.3 is 0 Å². The minimum Gasteiger partial charge on any atom is -0.383 e. The Hall–Kier alpha value is -0.430. The van der Waals surface area contributed by atoms with Gasteiger partial charge in [0.25, 0.3) is 0 Å². The number of thiocarbonyl (C=S) groups is 1. The van der Waals surface area contributed by atoms with Gasteiger partial charge in [0.05, 0.1) is 19.8 Å². The van der Waals surface area contributed by atoms with E-state index in [0.717, 1.165) is 45.9 Å². The molecule has 0 spiro atoms. The van der Waals surface area contributed by atoms with E-state index in [4.69, 9.17) is 21.7 Å². The van der Waals surface area contributed by atoms with Crippen LogP contribution in [0.3, 0.4) is 0 Å². The van der Waals surface area contributed by atoms with Crippen molar-refractivity contribution in [1.82, 2.24) is 15.5 Å². The SMILES string of the molecule is COCCNC(=S)NCCN1CCOCC1. The molecule has 0 aromatic carbocycles. The zero-order valence-corrected chi connectivity index (χ0v) is 10.6. The first-order valence-corrected chi connectivity index (χ1v) is 6.04. The number of morpholine rings is 1. The molecule has 1 rings (SSSR count). The van der Waals surface area contributed by atoms with Crippen LogP contribution in [0.2, 0.25) is 0 Å². The Morgan fingerprint density at radius 1 is 1.31 bits per heavy atom. The van der Waals surface area contributed by atoms with Crippen LogP contribution in [0.1, 0.15) is 0 Å². The van der Waals surface area contributed by atoms with Gasteiger partial charge in [-0.15, -0.1) is 0 Å². The molecule has 6 heteroatoms. The number of rotatable bonds is 6. The number of ether oxygens (including phenoxy) is 2. The van der Waals surface area contributed by atoms with Crippen LogP contribution in [0.5, 0.6) is 0 Å². The first kappa shape index (κ1) is 13.6. The van der Waals surface area contributed by atoms with Gasteiger partial charge in [-0.3, -0.25) is 4.90 Å². The number of nitrogens with zero attached hydrogens (tertiary/aromatic N) is 1. The summed E-state index contributed by atoms with van der Waals surface area (Å²) in [6.07, 6.45) is 0. The molecule has 94 valence electrons. The molecule has 1 fully saturated rings. The first-order chi connectivity index (χ1) is 7.83. The number of hydrogen-bond acceptors (Lipinski definition) is 4. The molecule has 0 saturated carbocycles. The molecule has 2 N–H and O–H groups in total. The third-order valence-electron chi connectivity index (χ3n) is 2.41. The first-order valence-electron chi connectivity index (χ1n) is 5.63. The average molecular weight is 247 g/mol. The Morgan fingerprint density at radius 2 is 2.00 bits per heavy atom. The van der Waals surface area contributed by atoms with Gasteiger partial charge in [0, 0.05) is 39.8 Å². The second kappa shape index (κ2) is 8.69. The van der Waals surface area contributed by atoms with Crippen molar-refractivity contribution < 1.29 is 9.47 Å². The van der Waals surface area contributed by atoms with E-state index >= 15 is 0 Å². The van der Waals surface area contributed by atoms with Crippen LogP contribution < -0.4 is 10.6 Å². The van der Waals surface area contributed by atoms with Crippen LogP contribution in [-0.2, 0) is 9.47 Å². The molecule has 0 bridgehead atoms. The lowest BCUT2D eigenvalue weighted by atomic mass is 10.4. The standard InChI is InChI=1S/C10H21N3O2S/c1-14-7-3-12-10(16)11-2-4-13-5-8-15-9-6-13/h2-9H2,1H3,(H2,11,12,16). The Morgan fingerprint density at radius 3 is 2.69 bits per heavy atom. The molecule has 0 atom stereocenters. The van der Waals surface area contributed by atoms with E-state index in [1.165, 1.54) is 0 Å². The highest BCUT2D eigenvalue weighted by atomic mass is 32.1. The summed E-state index contributed by atoms with van der Waals surface area (Å²) in [6.45, 7) is 7.03. The maximum Gasteiger partial charge on any atom is 0.166 e. The second-order valence-electron chi connectivity index (χ2n) is 3.63. The van der Waals surface area contributed by atoms with E-state index in [1.807, 2.05) is 0 Å². The molecule has 0 unspecified atom stereocenters. The van der Waals surface area contributed by atoms with E-state index in [2.05, 4.69) is 15.5 Å². The van der Waals surface area contributed by atoms with Crippen molar-refractivity contribution in [3.63, 3.8) is 0 Å². The van der Waals surface area contributed by atoms with Crippen LogP contribution >= 0.6 is 12.2 Å². The molecule has 1 saturated heterocycles. The lowest BCUT2D eigenvalue weighted by molar-refractivity contribution is 0.0389. The van der Waals surface area contributed by atoms with Gasteiger partial charge in [0.15, 0.2) is 5.11 Å². The largest absolute Gasteiger partial charge is 0.383 e. The summed E-state index contributed by atoms with van der Waals surface area (Å²) in [5.41, 5.74) is 0. The van der Waals surface area contributed by atoms with Gasteiger partial charge in [-0.1, -0.05) is 0 Å². The van der Waals surface area contributed by atoms with Crippen molar-refractivity contribution in [3.8, 4) is 0 Å². The zero-order chi connectivity index (χ0) is 11.6. The fraction of sp³-hybridized carbons (Fsp3) is 0.900. The van der Waals surface area contributed by atoms with E-state index in [0.29, 0.717) is 11.7 Å². The Bertz CT molecular complexity index is 199. The molecule has 0 aliphatic carbocycles. The fourth-order valence-corrected chi connectivity index (χ4v) is 1.69. The van der Waals surface area contributed by atoms with Crippen molar-refractivity contribution in [2.24, 2.45) is 0 Å². The van der Waals surface area contributed by atoms with E-state index < -0.39 is 0 Å². The second-order valence-corrected chi connectivity index (χ2v) is 4.04. The summed E-state index contributed by atoms with van der Waals surface area (Å²) in [4.78, 5) is 2.37. The zero-order valence-electron chi connectivity index (χ0n) is 9.83. The maximum atomic E-state index is 5.28. The lowest BCUT2D eigenvalue weighted by Gasteiger charge is -2.26. The molecule has 1 aliphatic heterocycles. The summed E-state index contributed by atoms with van der Waals surface area (Å²) in [5.74, 6) is 0. The van der Waals surface area contributed by atoms with Crippen molar-refractivity contribution in [2.75, 3.05) is 59.7 Å². The fourth-order valence-electron chi connectivity index (χ4n) is 1.48. The van der Waals surface area contributed by atoms with E-state index in [-0.39, 0.29) is 0 Å². The molecule has 0 amide bonds. The van der Waals surface area contributed by atoms with Gasteiger partial charge in [0.1, 0.15) is 0 Å². The summed E-state index contributed by atoms with van der Waals surface area (Å²) < 4.78 is 10.2. The van der Waals surface area contributed by atoms with Gasteiger partial charge in [-0.25, -0.2) is 0 Å². The topological polar surface area (TPSA) is 45.8 Å². The molecule has 0 aromatic rings. The molecular weight excluding hydrogens is 226 g/mol. The van der Waals surface area contributed by atoms with Crippen molar-refractivity contribution >= 4 is 17.3 Å². The molecule has 0 aromatic heterocycles. The Labute approximate surface area is 102 Å². The predicted octanol–water partition coefficient (Wildman–Crippen LogP) is -0.571. The van der Waals surface area contributed by atoms with E-state index in [9.17, 15) is 0 Å². The quantitative estimate of drug-likeness (QED) is 0.484. The summed E-state index contributed by atoms with van der Waals surface area (Å²) in [7, 11) is 1.68. The van der Waals surface area contributed by atoms with Crippen LogP contribution in [0.25, 0.3) is 0 Å². The lowest BCUT2D eigenvalue weighted by Crippen LogP contribution is -2.44. The molecule has 16 heavy (non-hydrogen) atoms.